The van der Waals surface area contributed by atoms with Gasteiger partial charge in [-0.3, -0.25) is 19.2 Å². The molecule has 0 aliphatic carbocycles. The maximum absolute atomic E-state index is 10.0. The van der Waals surface area contributed by atoms with Crippen molar-refractivity contribution in [3.63, 3.8) is 0 Å². The number of esters is 2. The summed E-state index contributed by atoms with van der Waals surface area (Å²) < 4.78 is 8.08. The van der Waals surface area contributed by atoms with Crippen molar-refractivity contribution in [2.75, 3.05) is 14.2 Å². The van der Waals surface area contributed by atoms with E-state index >= 15 is 0 Å². The first-order valence-electron chi connectivity index (χ1n) is 3.90. The molecule has 16 heavy (non-hydrogen) atoms. The van der Waals surface area contributed by atoms with Crippen molar-refractivity contribution in [2.45, 2.75) is 12.8 Å². The van der Waals surface area contributed by atoms with Crippen molar-refractivity contribution >= 4 is 23.9 Å². The van der Waals surface area contributed by atoms with Gasteiger partial charge in [-0.25, -0.2) is 0 Å². The van der Waals surface area contributed by atoms with Crippen molar-refractivity contribution in [2.24, 2.45) is 0 Å². The van der Waals surface area contributed by atoms with Crippen LogP contribution in [0.1, 0.15) is 12.8 Å². The average Bonchev–Trinajstić information content (AvgIpc) is 2.16. The van der Waals surface area contributed by atoms with Gasteiger partial charge in [0.2, 0.25) is 0 Å². The lowest BCUT2D eigenvalue weighted by atomic mass is 10.4. The Labute approximate surface area is 90.8 Å². The molecule has 0 saturated heterocycles. The highest BCUT2D eigenvalue weighted by Gasteiger charge is 2.05. The second-order valence-electron chi connectivity index (χ2n) is 2.29. The standard InChI is InChI=1S/2C4H6O4/c2*1-8-4(7)2-3(5)6/h2*2H2,1H3,(H,5,6). The van der Waals surface area contributed by atoms with Gasteiger partial charge in [-0.1, -0.05) is 0 Å². The van der Waals surface area contributed by atoms with Crippen LogP contribution in [0.3, 0.4) is 0 Å². The Bertz CT molecular complexity index is 241. The molecule has 2 N–H and O–H groups in total. The lowest BCUT2D eigenvalue weighted by molar-refractivity contribution is -0.151. The van der Waals surface area contributed by atoms with Gasteiger partial charge in [0.1, 0.15) is 12.8 Å². The van der Waals surface area contributed by atoms with E-state index in [2.05, 4.69) is 9.47 Å². The molecule has 0 rings (SSSR count). The van der Waals surface area contributed by atoms with E-state index in [-0.39, 0.29) is 0 Å². The van der Waals surface area contributed by atoms with Gasteiger partial charge in [-0.05, 0) is 0 Å². The molecular formula is C8H12O8. The highest BCUT2D eigenvalue weighted by Crippen LogP contribution is 1.81. The third-order valence-electron chi connectivity index (χ3n) is 1.05. The molecule has 0 radical (unpaired) electrons. The predicted molar refractivity (Wildman–Crippen MR) is 48.5 cm³/mol. The fourth-order valence-corrected chi connectivity index (χ4v) is 0.391. The summed E-state index contributed by atoms with van der Waals surface area (Å²) in [6, 6.07) is 0. The second-order valence-corrected chi connectivity index (χ2v) is 2.29. The Hall–Kier alpha value is -2.12. The van der Waals surface area contributed by atoms with Crippen molar-refractivity contribution in [1.29, 1.82) is 0 Å². The zero-order valence-corrected chi connectivity index (χ0v) is 8.76. The van der Waals surface area contributed by atoms with Crippen molar-refractivity contribution in [3.05, 3.63) is 0 Å². The van der Waals surface area contributed by atoms with E-state index in [4.69, 9.17) is 10.2 Å². The normalized spacial score (nSPS) is 8.12. The first-order chi connectivity index (χ1) is 7.33. The molecule has 0 spiro atoms. The molecule has 0 heterocycles. The van der Waals surface area contributed by atoms with Crippen LogP contribution in [-0.2, 0) is 28.7 Å². The minimum absolute atomic E-state index is 0.559. The molecule has 8 nitrogen and oxygen atoms in total. The molecular weight excluding hydrogens is 224 g/mol. The highest BCUT2D eigenvalue weighted by molar-refractivity contribution is 5.90. The molecule has 0 bridgehead atoms. The quantitative estimate of drug-likeness (QED) is 0.483. The molecule has 0 fully saturated rings. The van der Waals surface area contributed by atoms with E-state index in [1.807, 2.05) is 0 Å². The Kier molecular flexibility index (Phi) is 9.62. The minimum atomic E-state index is -1.17. The van der Waals surface area contributed by atoms with E-state index in [1.165, 1.54) is 0 Å². The third kappa shape index (κ3) is 14.4. The van der Waals surface area contributed by atoms with Crippen LogP contribution >= 0.6 is 0 Å². The second kappa shape index (κ2) is 9.44. The summed E-state index contributed by atoms with van der Waals surface area (Å²) in [5.41, 5.74) is 0. The van der Waals surface area contributed by atoms with Crippen molar-refractivity contribution in [1.82, 2.24) is 0 Å². The van der Waals surface area contributed by atoms with Crippen LogP contribution in [-0.4, -0.2) is 48.3 Å². The molecule has 0 amide bonds. The van der Waals surface area contributed by atoms with E-state index in [0.717, 1.165) is 14.2 Å². The van der Waals surface area contributed by atoms with Gasteiger partial charge >= 0.3 is 23.9 Å². The molecule has 8 heteroatoms. The predicted octanol–water partition coefficient (Wildman–Crippen LogP) is -0.732. The number of rotatable bonds is 4. The van der Waals surface area contributed by atoms with Gasteiger partial charge in [0.15, 0.2) is 0 Å². The van der Waals surface area contributed by atoms with Gasteiger partial charge in [0, 0.05) is 0 Å². The van der Waals surface area contributed by atoms with Crippen LogP contribution in [0.15, 0.2) is 0 Å². The van der Waals surface area contributed by atoms with E-state index in [9.17, 15) is 19.2 Å². The number of aliphatic carboxylic acids is 2. The zero-order valence-electron chi connectivity index (χ0n) is 8.76. The molecule has 0 saturated carbocycles. The largest absolute Gasteiger partial charge is 0.481 e. The maximum Gasteiger partial charge on any atom is 0.316 e. The van der Waals surface area contributed by atoms with Crippen molar-refractivity contribution in [3.8, 4) is 0 Å². The lowest BCUT2D eigenvalue weighted by Crippen LogP contribution is -2.07. The first kappa shape index (κ1) is 16.3. The van der Waals surface area contributed by atoms with Gasteiger partial charge in [0.25, 0.3) is 0 Å². The van der Waals surface area contributed by atoms with Crippen LogP contribution in [0.5, 0.6) is 0 Å². The summed E-state index contributed by atoms with van der Waals surface area (Å²) in [5, 5.41) is 15.8. The zero-order chi connectivity index (χ0) is 13.1. The van der Waals surface area contributed by atoms with Crippen LogP contribution in [0.2, 0.25) is 0 Å². The minimum Gasteiger partial charge on any atom is -0.481 e. The Morgan fingerprint density at radius 2 is 1.06 bits per heavy atom. The molecule has 92 valence electrons. The van der Waals surface area contributed by atoms with Crippen molar-refractivity contribution < 1.29 is 38.9 Å². The fraction of sp³-hybridized carbons (Fsp3) is 0.500. The average molecular weight is 236 g/mol. The summed E-state index contributed by atoms with van der Waals surface area (Å²) in [6.07, 6.45) is -1.12. The number of hydrogen-bond acceptors (Lipinski definition) is 6. The SMILES string of the molecule is COC(=O)CC(=O)O.COC(=O)CC(=O)O. The number of ether oxygens (including phenoxy) is 2. The molecule has 0 aliphatic heterocycles. The fourth-order valence-electron chi connectivity index (χ4n) is 0.391. The maximum atomic E-state index is 10.0. The van der Waals surface area contributed by atoms with Crippen LogP contribution in [0.4, 0.5) is 0 Å². The summed E-state index contributed by atoms with van der Waals surface area (Å²) in [6.45, 7) is 0. The van der Waals surface area contributed by atoms with Gasteiger partial charge < -0.3 is 19.7 Å². The number of carbonyl (C=O) groups is 4. The molecule has 0 unspecified atom stereocenters. The monoisotopic (exact) mass is 236 g/mol. The molecule has 0 aromatic rings. The molecule has 0 atom stereocenters. The van der Waals surface area contributed by atoms with E-state index in [1.54, 1.807) is 0 Å². The number of carboxylic acids is 2. The van der Waals surface area contributed by atoms with Gasteiger partial charge in [-0.15, -0.1) is 0 Å². The van der Waals surface area contributed by atoms with Crippen LogP contribution in [0, 0.1) is 0 Å². The number of methoxy groups -OCH3 is 2. The number of carboxylic acid groups (broad SMARTS) is 2. The number of hydrogen-bond donors (Lipinski definition) is 2. The summed E-state index contributed by atoms with van der Waals surface area (Å²) in [5.74, 6) is -3.79. The molecule has 0 aliphatic rings. The highest BCUT2D eigenvalue weighted by atomic mass is 16.5. The summed E-state index contributed by atoms with van der Waals surface area (Å²) >= 11 is 0. The van der Waals surface area contributed by atoms with Crippen LogP contribution in [0.25, 0.3) is 0 Å². The van der Waals surface area contributed by atoms with E-state index < -0.39 is 36.7 Å². The smallest absolute Gasteiger partial charge is 0.316 e. The van der Waals surface area contributed by atoms with Gasteiger partial charge in [0.05, 0.1) is 14.2 Å². The number of carbonyl (C=O) groups excluding carboxylic acids is 2. The Morgan fingerprint density at radius 1 is 0.812 bits per heavy atom. The Balaban J connectivity index is 0. The summed E-state index contributed by atoms with van der Waals surface area (Å²) in [7, 11) is 2.29. The topological polar surface area (TPSA) is 127 Å². The van der Waals surface area contributed by atoms with Gasteiger partial charge in [-0.2, -0.15) is 0 Å². The Morgan fingerprint density at radius 3 is 1.12 bits per heavy atom. The third-order valence-corrected chi connectivity index (χ3v) is 1.05. The summed E-state index contributed by atoms with van der Waals surface area (Å²) in [4.78, 5) is 39.4. The molecule has 0 aromatic heterocycles. The lowest BCUT2D eigenvalue weighted by Gasteiger charge is -1.90. The first-order valence-corrected chi connectivity index (χ1v) is 3.90. The molecule has 0 aromatic carbocycles. The van der Waals surface area contributed by atoms with Crippen LogP contribution < -0.4 is 0 Å². The van der Waals surface area contributed by atoms with E-state index in [0.29, 0.717) is 0 Å².